The molecule has 0 unspecified atom stereocenters. The van der Waals surface area contributed by atoms with Gasteiger partial charge in [-0.3, -0.25) is 0 Å². The lowest BCUT2D eigenvalue weighted by molar-refractivity contribution is -0.137. The molecule has 0 bridgehead atoms. The van der Waals surface area contributed by atoms with E-state index in [0.29, 0.717) is 0 Å². The fourth-order valence-corrected chi connectivity index (χ4v) is 2.18. The van der Waals surface area contributed by atoms with Gasteiger partial charge in [0.15, 0.2) is 5.75 Å². The van der Waals surface area contributed by atoms with Crippen LogP contribution in [0.25, 0.3) is 17.0 Å². The van der Waals surface area contributed by atoms with E-state index in [1.165, 1.54) is 6.20 Å². The summed E-state index contributed by atoms with van der Waals surface area (Å²) in [5.41, 5.74) is -0.681. The number of alkyl halides is 3. The number of nitrogens with zero attached hydrogens (tertiary/aromatic N) is 3. The third-order valence-corrected chi connectivity index (χ3v) is 3.16. The zero-order chi connectivity index (χ0) is 16.8. The molecule has 23 heavy (non-hydrogen) atoms. The number of hydrogen-bond acceptors (Lipinski definition) is 4. The van der Waals surface area contributed by atoms with E-state index in [1.807, 2.05) is 0 Å². The molecule has 0 aliphatic rings. The molecule has 0 atom stereocenters. The second kappa shape index (κ2) is 5.16. The third kappa shape index (κ3) is 2.93. The molecule has 11 heteroatoms. The van der Waals surface area contributed by atoms with Crippen molar-refractivity contribution in [2.75, 3.05) is 0 Å². The van der Waals surface area contributed by atoms with Crippen molar-refractivity contribution < 1.29 is 27.8 Å². The lowest BCUT2D eigenvalue weighted by Gasteiger charge is -2.07. The number of hydrogen-bond donors (Lipinski definition) is 2. The molecule has 0 fully saturated rings. The molecule has 7 nitrogen and oxygen atoms in total. The first-order valence-corrected chi connectivity index (χ1v) is 6.34. The molecule has 0 radical (unpaired) electrons. The Morgan fingerprint density at radius 3 is 2.78 bits per heavy atom. The fourth-order valence-electron chi connectivity index (χ4n) is 1.92. The van der Waals surface area contributed by atoms with Crippen LogP contribution in [0.2, 0.25) is 5.02 Å². The zero-order valence-corrected chi connectivity index (χ0v) is 11.7. The van der Waals surface area contributed by atoms with E-state index in [9.17, 15) is 18.0 Å². The Morgan fingerprint density at radius 1 is 1.39 bits per heavy atom. The largest absolute Gasteiger partial charge is 0.511 e. The molecular weight excluding hydrogens is 341 g/mol. The van der Waals surface area contributed by atoms with Crippen molar-refractivity contribution in [3.05, 3.63) is 35.1 Å². The summed E-state index contributed by atoms with van der Waals surface area (Å²) in [6, 6.07) is 1.92. The van der Waals surface area contributed by atoms with Crippen molar-refractivity contribution >= 4 is 28.8 Å². The highest BCUT2D eigenvalue weighted by molar-refractivity contribution is 6.32. The predicted octanol–water partition coefficient (Wildman–Crippen LogP) is 3.48. The summed E-state index contributed by atoms with van der Waals surface area (Å²) in [6.07, 6.45) is -3.78. The molecule has 0 saturated heterocycles. The molecule has 0 saturated carbocycles. The number of nitrogens with one attached hydrogen (secondary N) is 1. The van der Waals surface area contributed by atoms with E-state index in [0.717, 1.165) is 23.0 Å². The summed E-state index contributed by atoms with van der Waals surface area (Å²) in [4.78, 5) is 17.1. The SMILES string of the molecule is O=C(O)Oc1cnn(-c2nc3cc(Cl)c(C(F)(F)F)cc3[nH]2)c1. The van der Waals surface area contributed by atoms with Crippen LogP contribution < -0.4 is 4.74 Å². The average Bonchev–Trinajstić information content (AvgIpc) is 3.01. The van der Waals surface area contributed by atoms with Gasteiger partial charge in [0, 0.05) is 0 Å². The van der Waals surface area contributed by atoms with Gasteiger partial charge in [-0.05, 0) is 12.1 Å². The van der Waals surface area contributed by atoms with Crippen molar-refractivity contribution in [2.24, 2.45) is 0 Å². The molecule has 0 aliphatic carbocycles. The van der Waals surface area contributed by atoms with Crippen LogP contribution in [0.4, 0.5) is 18.0 Å². The number of benzene rings is 1. The Labute approximate surface area is 130 Å². The number of fused-ring (bicyclic) bond motifs is 1. The van der Waals surface area contributed by atoms with Crippen LogP contribution in [0, 0.1) is 0 Å². The Kier molecular flexibility index (Phi) is 3.40. The molecule has 3 rings (SSSR count). The van der Waals surface area contributed by atoms with Crippen molar-refractivity contribution in [1.82, 2.24) is 19.7 Å². The topological polar surface area (TPSA) is 93.0 Å². The first-order valence-electron chi connectivity index (χ1n) is 5.96. The number of carboxylic acid groups (broad SMARTS) is 1. The second-order valence-corrected chi connectivity index (χ2v) is 4.80. The Bertz CT molecular complexity index is 903. The predicted molar refractivity (Wildman–Crippen MR) is 71.9 cm³/mol. The number of aromatic nitrogens is 4. The monoisotopic (exact) mass is 346 g/mol. The molecule has 3 aromatic rings. The zero-order valence-electron chi connectivity index (χ0n) is 10.9. The van der Waals surface area contributed by atoms with Gasteiger partial charge in [0.25, 0.3) is 0 Å². The molecule has 0 spiro atoms. The van der Waals surface area contributed by atoms with Crippen molar-refractivity contribution in [3.63, 3.8) is 0 Å². The quantitative estimate of drug-likeness (QED) is 0.693. The first kappa shape index (κ1) is 15.2. The maximum Gasteiger partial charge on any atom is 0.511 e. The third-order valence-electron chi connectivity index (χ3n) is 2.84. The maximum atomic E-state index is 12.8. The van der Waals surface area contributed by atoms with E-state index in [4.69, 9.17) is 16.7 Å². The maximum absolute atomic E-state index is 12.8. The van der Waals surface area contributed by atoms with Gasteiger partial charge < -0.3 is 14.8 Å². The summed E-state index contributed by atoms with van der Waals surface area (Å²) in [5.74, 6) is 0.0163. The van der Waals surface area contributed by atoms with Crippen LogP contribution in [0.15, 0.2) is 24.5 Å². The smallest absolute Gasteiger partial charge is 0.449 e. The normalized spacial score (nSPS) is 11.8. The molecule has 1 aromatic carbocycles. The number of H-pyrrole nitrogens is 1. The molecule has 2 aromatic heterocycles. The highest BCUT2D eigenvalue weighted by atomic mass is 35.5. The van der Waals surface area contributed by atoms with Gasteiger partial charge in [0.2, 0.25) is 5.95 Å². The minimum atomic E-state index is -4.59. The molecule has 0 amide bonds. The Balaban J connectivity index is 2.03. The van der Waals surface area contributed by atoms with Crippen LogP contribution >= 0.6 is 11.6 Å². The van der Waals surface area contributed by atoms with Gasteiger partial charge in [-0.2, -0.15) is 18.3 Å². The van der Waals surface area contributed by atoms with Gasteiger partial charge in [0.05, 0.1) is 34.0 Å². The van der Waals surface area contributed by atoms with Crippen molar-refractivity contribution in [2.45, 2.75) is 6.18 Å². The summed E-state index contributed by atoms with van der Waals surface area (Å²) in [6.45, 7) is 0. The van der Waals surface area contributed by atoms with E-state index >= 15 is 0 Å². The van der Waals surface area contributed by atoms with Gasteiger partial charge in [-0.1, -0.05) is 11.6 Å². The Morgan fingerprint density at radius 2 is 2.13 bits per heavy atom. The van der Waals surface area contributed by atoms with Gasteiger partial charge in [-0.25, -0.2) is 14.5 Å². The molecule has 0 aliphatic heterocycles. The molecule has 120 valence electrons. The highest BCUT2D eigenvalue weighted by Gasteiger charge is 2.33. The van der Waals surface area contributed by atoms with Crippen molar-refractivity contribution in [1.29, 1.82) is 0 Å². The number of aromatic amines is 1. The van der Waals surface area contributed by atoms with E-state index in [1.54, 1.807) is 0 Å². The van der Waals surface area contributed by atoms with Crippen LogP contribution in [0.3, 0.4) is 0 Å². The first-order chi connectivity index (χ1) is 10.7. The average molecular weight is 347 g/mol. The summed E-state index contributed by atoms with van der Waals surface area (Å²) in [5, 5.41) is 11.8. The van der Waals surface area contributed by atoms with E-state index < -0.39 is 22.9 Å². The van der Waals surface area contributed by atoms with Gasteiger partial charge >= 0.3 is 12.3 Å². The van der Waals surface area contributed by atoms with E-state index in [2.05, 4.69) is 19.8 Å². The lowest BCUT2D eigenvalue weighted by Crippen LogP contribution is -2.05. The number of imidazole rings is 1. The highest BCUT2D eigenvalue weighted by Crippen LogP contribution is 2.36. The van der Waals surface area contributed by atoms with Crippen LogP contribution in [-0.2, 0) is 6.18 Å². The molecule has 2 N–H and O–H groups in total. The lowest BCUT2D eigenvalue weighted by atomic mass is 10.2. The minimum Gasteiger partial charge on any atom is -0.449 e. The molecular formula is C12H6ClF3N4O3. The Hall–Kier alpha value is -2.75. The van der Waals surface area contributed by atoms with Crippen LogP contribution in [0.5, 0.6) is 5.75 Å². The minimum absolute atomic E-state index is 0.0630. The number of rotatable bonds is 2. The number of halogens is 4. The summed E-state index contributed by atoms with van der Waals surface area (Å²) >= 11 is 5.62. The summed E-state index contributed by atoms with van der Waals surface area (Å²) in [7, 11) is 0. The summed E-state index contributed by atoms with van der Waals surface area (Å²) < 4.78 is 44.0. The number of carbonyl (C=O) groups is 1. The number of ether oxygens (including phenoxy) is 1. The van der Waals surface area contributed by atoms with E-state index in [-0.39, 0.29) is 22.7 Å². The van der Waals surface area contributed by atoms with Crippen molar-refractivity contribution in [3.8, 4) is 11.7 Å². The standard InChI is InChI=1S/C12H6ClF3N4O3/c13-7-2-9-8(1-6(7)12(14,15)16)18-10(19-9)20-4-5(3-17-20)23-11(21)22/h1-4H,(H,18,19)(H,21,22). The van der Waals surface area contributed by atoms with Crippen LogP contribution in [-0.4, -0.2) is 31.0 Å². The van der Waals surface area contributed by atoms with Gasteiger partial charge in [0.1, 0.15) is 0 Å². The fraction of sp³-hybridized carbons (Fsp3) is 0.0833. The van der Waals surface area contributed by atoms with Gasteiger partial charge in [-0.15, -0.1) is 0 Å². The molecule has 2 heterocycles. The second-order valence-electron chi connectivity index (χ2n) is 4.40. The van der Waals surface area contributed by atoms with Crippen LogP contribution in [0.1, 0.15) is 5.56 Å².